The van der Waals surface area contributed by atoms with Gasteiger partial charge in [-0.3, -0.25) is 25.5 Å². The second kappa shape index (κ2) is 9.74. The predicted octanol–water partition coefficient (Wildman–Crippen LogP) is 2.52. The lowest BCUT2D eigenvalue weighted by atomic mass is 10.1. The minimum atomic E-state index is -0.936. The number of benzene rings is 1. The van der Waals surface area contributed by atoms with Gasteiger partial charge >= 0.3 is 0 Å². The minimum absolute atomic E-state index is 0.164. The van der Waals surface area contributed by atoms with Crippen LogP contribution in [0.25, 0.3) is 10.9 Å². The predicted molar refractivity (Wildman–Crippen MR) is 135 cm³/mol. The normalized spacial score (nSPS) is 24.8. The average Bonchev–Trinajstić information content (AvgIpc) is 3.50. The monoisotopic (exact) mass is 488 g/mol. The van der Waals surface area contributed by atoms with Gasteiger partial charge in [-0.25, -0.2) is 4.98 Å². The zero-order valence-electron chi connectivity index (χ0n) is 20.4. The number of aliphatic hydroxyl groups is 1. The molecule has 3 fully saturated rings. The summed E-state index contributed by atoms with van der Waals surface area (Å²) in [6, 6.07) is 15.0. The fraction of sp³-hybridized carbons (Fsp3) is 0.444. The van der Waals surface area contributed by atoms with Gasteiger partial charge in [-0.2, -0.15) is 0 Å². The molecule has 36 heavy (non-hydrogen) atoms. The number of aliphatic hydroxyl groups excluding tert-OH is 1. The Kier molecular flexibility index (Phi) is 6.30. The number of nitrogens with zero attached hydrogens (tertiary/aromatic N) is 4. The smallest absolute Gasteiger partial charge is 0.251 e. The molecule has 5 heterocycles. The maximum Gasteiger partial charge on any atom is 0.251 e. The van der Waals surface area contributed by atoms with Crippen molar-refractivity contribution < 1.29 is 14.6 Å². The van der Waals surface area contributed by atoms with E-state index >= 15 is 0 Å². The number of fused-ring (bicyclic) bond motifs is 3. The van der Waals surface area contributed by atoms with Gasteiger partial charge < -0.3 is 14.7 Å². The first-order chi connectivity index (χ1) is 17.5. The molecule has 3 unspecified atom stereocenters. The van der Waals surface area contributed by atoms with Gasteiger partial charge in [0.25, 0.3) is 5.91 Å². The number of nitrogens with one attached hydrogen (secondary N) is 2. The molecular weight excluding hydrogens is 456 g/mol. The van der Waals surface area contributed by atoms with E-state index in [2.05, 4.69) is 38.9 Å². The fourth-order valence-corrected chi connectivity index (χ4v) is 5.69. The Balaban J connectivity index is 1.11. The van der Waals surface area contributed by atoms with Crippen LogP contribution in [0.1, 0.15) is 43.5 Å². The second-order valence-corrected chi connectivity index (χ2v) is 10.1. The molecule has 2 bridgehead atoms. The van der Waals surface area contributed by atoms with Crippen LogP contribution in [0.15, 0.2) is 48.7 Å². The SMILES string of the molecule is C[C@@H](O)C(=O)N1CC2CCC(C1)N2Cc1ccc2cc(Oc3ccc(C4CCNN4)cn3)ccc2n1. The molecule has 2 aromatic heterocycles. The lowest BCUT2D eigenvalue weighted by Gasteiger charge is -2.41. The molecule has 0 saturated carbocycles. The van der Waals surface area contributed by atoms with Crippen LogP contribution < -0.4 is 15.6 Å². The number of hydrogen-bond acceptors (Lipinski definition) is 8. The van der Waals surface area contributed by atoms with E-state index in [1.165, 1.54) is 0 Å². The maximum atomic E-state index is 12.3. The van der Waals surface area contributed by atoms with Crippen LogP contribution in [0.4, 0.5) is 0 Å². The van der Waals surface area contributed by atoms with Gasteiger partial charge in [0.1, 0.15) is 11.9 Å². The van der Waals surface area contributed by atoms with Crippen molar-refractivity contribution in [1.29, 1.82) is 0 Å². The molecule has 188 valence electrons. The molecule has 6 rings (SSSR count). The number of likely N-dealkylation sites (tertiary alicyclic amines) is 1. The van der Waals surface area contributed by atoms with Crippen LogP contribution in [0.3, 0.4) is 0 Å². The molecule has 0 spiro atoms. The zero-order valence-corrected chi connectivity index (χ0v) is 20.4. The molecule has 4 atom stereocenters. The van der Waals surface area contributed by atoms with Crippen molar-refractivity contribution in [2.45, 2.75) is 57.0 Å². The number of carbonyl (C=O) groups is 1. The highest BCUT2D eigenvalue weighted by atomic mass is 16.5. The standard InChI is InChI=1S/C27H32N6O3/c1-17(34)27(35)32-15-21-5-6-22(16-32)33(21)14-20-4-2-18-12-23(7-8-24(18)30-20)36-26-9-3-19(13-28-26)25-10-11-29-31-25/h2-4,7-9,12-13,17,21-22,25,29,31,34H,5-6,10-11,14-16H2,1H3/t17-,21?,22?,25?/m1/s1. The van der Waals surface area contributed by atoms with Crippen molar-refractivity contribution in [2.75, 3.05) is 19.6 Å². The van der Waals surface area contributed by atoms with E-state index in [-0.39, 0.29) is 5.91 Å². The van der Waals surface area contributed by atoms with Crippen LogP contribution >= 0.6 is 0 Å². The summed E-state index contributed by atoms with van der Waals surface area (Å²) in [6.45, 7) is 4.63. The Hall–Kier alpha value is -3.11. The number of ether oxygens (including phenoxy) is 1. The summed E-state index contributed by atoms with van der Waals surface area (Å²) < 4.78 is 6.01. The van der Waals surface area contributed by atoms with Gasteiger partial charge in [-0.1, -0.05) is 12.1 Å². The van der Waals surface area contributed by atoms with Gasteiger partial charge in [0, 0.05) is 62.0 Å². The quantitative estimate of drug-likeness (QED) is 0.487. The Morgan fingerprint density at radius 1 is 1.14 bits per heavy atom. The maximum absolute atomic E-state index is 12.3. The van der Waals surface area contributed by atoms with Gasteiger partial charge in [0.05, 0.1) is 11.2 Å². The molecule has 3 aliphatic heterocycles. The molecule has 3 N–H and O–H groups in total. The summed E-state index contributed by atoms with van der Waals surface area (Å²) in [4.78, 5) is 25.9. The van der Waals surface area contributed by atoms with E-state index in [1.807, 2.05) is 35.4 Å². The zero-order chi connectivity index (χ0) is 24.6. The van der Waals surface area contributed by atoms with Crippen molar-refractivity contribution in [3.8, 4) is 11.6 Å². The van der Waals surface area contributed by atoms with Crippen LogP contribution in [0, 0.1) is 0 Å². The molecule has 3 aliphatic rings. The van der Waals surface area contributed by atoms with E-state index in [0.717, 1.165) is 60.3 Å². The van der Waals surface area contributed by atoms with E-state index in [9.17, 15) is 9.90 Å². The Labute approximate surface area is 210 Å². The van der Waals surface area contributed by atoms with Crippen LogP contribution in [-0.4, -0.2) is 68.6 Å². The van der Waals surface area contributed by atoms with Crippen molar-refractivity contribution in [3.05, 3.63) is 59.9 Å². The number of pyridine rings is 2. The third-order valence-corrected chi connectivity index (χ3v) is 7.58. The molecule has 1 aromatic carbocycles. The summed E-state index contributed by atoms with van der Waals surface area (Å²) >= 11 is 0. The number of aromatic nitrogens is 2. The average molecular weight is 489 g/mol. The largest absolute Gasteiger partial charge is 0.439 e. The molecule has 9 heteroatoms. The Morgan fingerprint density at radius 3 is 2.67 bits per heavy atom. The molecule has 3 aromatic rings. The fourth-order valence-electron chi connectivity index (χ4n) is 5.69. The second-order valence-electron chi connectivity index (χ2n) is 10.1. The Bertz CT molecular complexity index is 1230. The van der Waals surface area contributed by atoms with Crippen LogP contribution in [0.2, 0.25) is 0 Å². The van der Waals surface area contributed by atoms with Crippen LogP contribution in [-0.2, 0) is 11.3 Å². The Morgan fingerprint density at radius 2 is 1.97 bits per heavy atom. The molecule has 0 aliphatic carbocycles. The first kappa shape index (κ1) is 23.3. The molecular formula is C27H32N6O3. The number of rotatable bonds is 6. The highest BCUT2D eigenvalue weighted by Crippen LogP contribution is 2.32. The van der Waals surface area contributed by atoms with E-state index in [1.54, 1.807) is 6.92 Å². The number of hydrazine groups is 1. The topological polar surface area (TPSA) is 103 Å². The third kappa shape index (κ3) is 4.67. The summed E-state index contributed by atoms with van der Waals surface area (Å²) in [5.41, 5.74) is 9.49. The van der Waals surface area contributed by atoms with Crippen LogP contribution in [0.5, 0.6) is 11.6 Å². The summed E-state index contributed by atoms with van der Waals surface area (Å²) in [7, 11) is 0. The number of carbonyl (C=O) groups excluding carboxylic acids is 1. The number of amides is 1. The van der Waals surface area contributed by atoms with Crippen molar-refractivity contribution in [1.82, 2.24) is 30.6 Å². The van der Waals surface area contributed by atoms with E-state index in [0.29, 0.717) is 37.1 Å². The molecule has 3 saturated heterocycles. The highest BCUT2D eigenvalue weighted by Gasteiger charge is 2.41. The van der Waals surface area contributed by atoms with Gasteiger partial charge in [-0.05, 0) is 56.0 Å². The first-order valence-corrected chi connectivity index (χ1v) is 12.8. The lowest BCUT2D eigenvalue weighted by molar-refractivity contribution is -0.142. The summed E-state index contributed by atoms with van der Waals surface area (Å²) in [5.74, 6) is 1.13. The van der Waals surface area contributed by atoms with Crippen molar-refractivity contribution >= 4 is 16.8 Å². The van der Waals surface area contributed by atoms with Crippen molar-refractivity contribution in [2.24, 2.45) is 0 Å². The van der Waals surface area contributed by atoms with Crippen molar-refractivity contribution in [3.63, 3.8) is 0 Å². The first-order valence-electron chi connectivity index (χ1n) is 12.8. The summed E-state index contributed by atoms with van der Waals surface area (Å²) in [5, 5.41) is 10.7. The lowest BCUT2D eigenvalue weighted by Crippen LogP contribution is -2.56. The van der Waals surface area contributed by atoms with E-state index < -0.39 is 6.10 Å². The van der Waals surface area contributed by atoms with E-state index in [4.69, 9.17) is 9.72 Å². The summed E-state index contributed by atoms with van der Waals surface area (Å²) in [6.07, 6.45) is 4.12. The number of piperazine rings is 1. The molecule has 9 nitrogen and oxygen atoms in total. The highest BCUT2D eigenvalue weighted by molar-refractivity contribution is 5.81. The van der Waals surface area contributed by atoms with Gasteiger partial charge in [-0.15, -0.1) is 0 Å². The molecule has 0 radical (unpaired) electrons. The molecule has 1 amide bonds. The van der Waals surface area contributed by atoms with Gasteiger partial charge in [0.15, 0.2) is 0 Å². The van der Waals surface area contributed by atoms with Gasteiger partial charge in [0.2, 0.25) is 5.88 Å². The minimum Gasteiger partial charge on any atom is -0.439 e. The third-order valence-electron chi connectivity index (χ3n) is 7.58. The number of hydrogen-bond donors (Lipinski definition) is 3.